The second kappa shape index (κ2) is 14.1. The zero-order chi connectivity index (χ0) is 29.4. The molecule has 4 rings (SSSR count). The Balaban J connectivity index is 1.51. The van der Waals surface area contributed by atoms with E-state index >= 15 is 0 Å². The molecule has 1 heterocycles. The van der Waals surface area contributed by atoms with Crippen molar-refractivity contribution >= 4 is 55.1 Å². The van der Waals surface area contributed by atoms with Crippen LogP contribution in [0.1, 0.15) is 23.7 Å². The number of aliphatic hydroxyl groups excluding tert-OH is 1. The van der Waals surface area contributed by atoms with E-state index in [1.807, 2.05) is 61.5 Å². The number of nitrogens with one attached hydrogen (secondary N) is 2. The number of aliphatic hydroxyl groups is 1. The lowest BCUT2D eigenvalue weighted by Gasteiger charge is -2.24. The van der Waals surface area contributed by atoms with Crippen molar-refractivity contribution in [3.05, 3.63) is 93.7 Å². The van der Waals surface area contributed by atoms with Gasteiger partial charge in [-0.05, 0) is 83.6 Å². The predicted molar refractivity (Wildman–Crippen MR) is 168 cm³/mol. The quantitative estimate of drug-likeness (QED) is 0.177. The van der Waals surface area contributed by atoms with Gasteiger partial charge >= 0.3 is 0 Å². The first kappa shape index (κ1) is 30.7. The summed E-state index contributed by atoms with van der Waals surface area (Å²) in [5.74, 6) is 0.184. The van der Waals surface area contributed by atoms with Gasteiger partial charge in [-0.3, -0.25) is 9.78 Å². The number of methoxy groups -OCH3 is 1. The highest BCUT2D eigenvalue weighted by Gasteiger charge is 2.25. The molecule has 0 fully saturated rings. The fourth-order valence-electron chi connectivity index (χ4n) is 4.45. The van der Waals surface area contributed by atoms with Crippen molar-refractivity contribution in [2.45, 2.75) is 24.3 Å². The molecular formula is C30H33IN4O5S. The molecule has 0 aliphatic rings. The number of ether oxygens (including phenoxy) is 1. The number of carbonyl (C=O) groups is 1. The Morgan fingerprint density at radius 2 is 1.78 bits per heavy atom. The third kappa shape index (κ3) is 7.94. The van der Waals surface area contributed by atoms with Crippen molar-refractivity contribution in [1.29, 1.82) is 0 Å². The number of nitrogens with zero attached hydrogens (tertiary/aromatic N) is 2. The summed E-state index contributed by atoms with van der Waals surface area (Å²) in [7, 11) is -2.41. The molecule has 0 saturated carbocycles. The van der Waals surface area contributed by atoms with Gasteiger partial charge in [0.15, 0.2) is 0 Å². The molecule has 3 N–H and O–H groups in total. The molecule has 216 valence electrons. The number of pyridine rings is 1. The lowest BCUT2D eigenvalue weighted by Crippen LogP contribution is -2.39. The molecule has 0 saturated heterocycles. The Hall–Kier alpha value is -3.26. The maximum atomic E-state index is 13.7. The zero-order valence-corrected chi connectivity index (χ0v) is 25.9. The summed E-state index contributed by atoms with van der Waals surface area (Å²) >= 11 is 2.25. The highest BCUT2D eigenvalue weighted by molar-refractivity contribution is 14.1. The van der Waals surface area contributed by atoms with Crippen molar-refractivity contribution in [2.75, 3.05) is 38.7 Å². The number of hydrogen-bond acceptors (Lipinski definition) is 7. The number of amides is 1. The number of aromatic nitrogens is 1. The van der Waals surface area contributed by atoms with Crippen molar-refractivity contribution in [2.24, 2.45) is 0 Å². The Morgan fingerprint density at radius 1 is 1.05 bits per heavy atom. The normalized spacial score (nSPS) is 12.3. The van der Waals surface area contributed by atoms with Crippen LogP contribution in [0.15, 0.2) is 83.8 Å². The van der Waals surface area contributed by atoms with Gasteiger partial charge in [0, 0.05) is 46.4 Å². The summed E-state index contributed by atoms with van der Waals surface area (Å²) in [4.78, 5) is 17.6. The van der Waals surface area contributed by atoms with E-state index in [2.05, 4.69) is 38.2 Å². The van der Waals surface area contributed by atoms with Crippen LogP contribution in [0.3, 0.4) is 0 Å². The van der Waals surface area contributed by atoms with Crippen LogP contribution in [0.5, 0.6) is 5.75 Å². The zero-order valence-electron chi connectivity index (χ0n) is 22.9. The minimum Gasteiger partial charge on any atom is -0.497 e. The van der Waals surface area contributed by atoms with Gasteiger partial charge in [0.1, 0.15) is 5.75 Å². The first-order valence-corrected chi connectivity index (χ1v) is 15.6. The smallest absolute Gasteiger partial charge is 0.243 e. The summed E-state index contributed by atoms with van der Waals surface area (Å²) in [6.45, 7) is 2.03. The number of anilines is 1. The van der Waals surface area contributed by atoms with Gasteiger partial charge < -0.3 is 20.5 Å². The Labute approximate surface area is 254 Å². The highest BCUT2D eigenvalue weighted by atomic mass is 127. The fraction of sp³-hybridized carbons (Fsp3) is 0.267. The van der Waals surface area contributed by atoms with Gasteiger partial charge in [-0.25, -0.2) is 8.42 Å². The molecule has 11 heteroatoms. The maximum absolute atomic E-state index is 13.7. The maximum Gasteiger partial charge on any atom is 0.243 e. The number of aryl methyl sites for hydroxylation is 1. The SMILES string of the molecule is COc1ccc(S(=O)(=O)N(CCNc2cc(C)nc3ccc(I)cc23)CCC(=O)N[C@H](CO)c2ccccc2)cc1. The molecule has 1 atom stereocenters. The van der Waals surface area contributed by atoms with E-state index in [4.69, 9.17) is 4.74 Å². The topological polar surface area (TPSA) is 121 Å². The number of carbonyl (C=O) groups excluding carboxylic acids is 1. The van der Waals surface area contributed by atoms with E-state index in [0.29, 0.717) is 12.3 Å². The molecule has 1 aromatic heterocycles. The molecule has 0 aliphatic heterocycles. The van der Waals surface area contributed by atoms with E-state index in [0.717, 1.165) is 31.4 Å². The van der Waals surface area contributed by atoms with E-state index in [1.165, 1.54) is 23.5 Å². The van der Waals surface area contributed by atoms with Crippen LogP contribution in [0.25, 0.3) is 10.9 Å². The number of halogens is 1. The third-order valence-corrected chi connectivity index (χ3v) is 9.16. The first-order chi connectivity index (χ1) is 19.7. The Morgan fingerprint density at radius 3 is 2.46 bits per heavy atom. The lowest BCUT2D eigenvalue weighted by molar-refractivity contribution is -0.122. The van der Waals surface area contributed by atoms with Crippen LogP contribution in [-0.4, -0.2) is 62.1 Å². The van der Waals surface area contributed by atoms with Crippen LogP contribution in [0.2, 0.25) is 0 Å². The van der Waals surface area contributed by atoms with Crippen molar-refractivity contribution in [1.82, 2.24) is 14.6 Å². The average molecular weight is 689 g/mol. The molecule has 0 unspecified atom stereocenters. The van der Waals surface area contributed by atoms with Crippen LogP contribution in [0.4, 0.5) is 5.69 Å². The number of hydrogen-bond donors (Lipinski definition) is 3. The number of benzene rings is 3. The standard InChI is InChI=1S/C30H33IN4O5S/c1-21-18-28(26-19-23(31)8-13-27(26)33-21)32-15-17-35(41(38,39)25-11-9-24(40-2)10-12-25)16-14-30(37)34-29(20-36)22-6-4-3-5-7-22/h3-13,18-19,29,36H,14-17,20H2,1-2H3,(H,32,33)(H,34,37)/t29-/m1/s1. The minimum absolute atomic E-state index is 0.0389. The van der Waals surface area contributed by atoms with E-state index in [1.54, 1.807) is 12.1 Å². The van der Waals surface area contributed by atoms with Crippen LogP contribution < -0.4 is 15.4 Å². The van der Waals surface area contributed by atoms with E-state index in [9.17, 15) is 18.3 Å². The molecule has 0 spiro atoms. The van der Waals surface area contributed by atoms with Gasteiger partial charge in [-0.2, -0.15) is 4.31 Å². The highest BCUT2D eigenvalue weighted by Crippen LogP contribution is 2.25. The Bertz CT molecular complexity index is 1580. The summed E-state index contributed by atoms with van der Waals surface area (Å²) < 4.78 is 34.9. The fourth-order valence-corrected chi connectivity index (χ4v) is 6.39. The Kier molecular flexibility index (Phi) is 10.5. The monoisotopic (exact) mass is 688 g/mol. The third-order valence-electron chi connectivity index (χ3n) is 6.58. The van der Waals surface area contributed by atoms with Crippen molar-refractivity contribution in [3.63, 3.8) is 0 Å². The number of rotatable bonds is 13. The molecule has 0 aliphatic carbocycles. The second-order valence-corrected chi connectivity index (χ2v) is 12.6. The first-order valence-electron chi connectivity index (χ1n) is 13.1. The van der Waals surface area contributed by atoms with Crippen molar-refractivity contribution in [3.8, 4) is 5.75 Å². The lowest BCUT2D eigenvalue weighted by atomic mass is 10.1. The van der Waals surface area contributed by atoms with Gasteiger partial charge in [0.25, 0.3) is 0 Å². The average Bonchev–Trinajstić information content (AvgIpc) is 2.98. The summed E-state index contributed by atoms with van der Waals surface area (Å²) in [5, 5.41) is 16.9. The van der Waals surface area contributed by atoms with Crippen LogP contribution >= 0.6 is 22.6 Å². The number of sulfonamides is 1. The predicted octanol–water partition coefficient (Wildman–Crippen LogP) is 4.50. The molecular weight excluding hydrogens is 655 g/mol. The van der Waals surface area contributed by atoms with Gasteiger partial charge in [-0.1, -0.05) is 30.3 Å². The van der Waals surface area contributed by atoms with E-state index in [-0.39, 0.29) is 36.9 Å². The molecule has 9 nitrogen and oxygen atoms in total. The number of fused-ring (bicyclic) bond motifs is 1. The summed E-state index contributed by atoms with van der Waals surface area (Å²) in [6, 6.07) is 22.7. The molecule has 0 bridgehead atoms. The molecule has 1 amide bonds. The van der Waals surface area contributed by atoms with Crippen LogP contribution in [0, 0.1) is 10.5 Å². The molecule has 3 aromatic carbocycles. The molecule has 0 radical (unpaired) electrons. The minimum atomic E-state index is -3.92. The van der Waals surface area contributed by atoms with Crippen LogP contribution in [-0.2, 0) is 14.8 Å². The van der Waals surface area contributed by atoms with Gasteiger partial charge in [-0.15, -0.1) is 0 Å². The largest absolute Gasteiger partial charge is 0.497 e. The molecule has 4 aromatic rings. The summed E-state index contributed by atoms with van der Waals surface area (Å²) in [6.07, 6.45) is -0.0752. The summed E-state index contributed by atoms with van der Waals surface area (Å²) in [5.41, 5.74) is 3.32. The van der Waals surface area contributed by atoms with Crippen molar-refractivity contribution < 1.29 is 23.1 Å². The second-order valence-electron chi connectivity index (χ2n) is 9.44. The van der Waals surface area contributed by atoms with Gasteiger partial charge in [0.2, 0.25) is 15.9 Å². The van der Waals surface area contributed by atoms with E-state index < -0.39 is 16.1 Å². The molecule has 41 heavy (non-hydrogen) atoms. The van der Waals surface area contributed by atoms with Gasteiger partial charge in [0.05, 0.1) is 30.2 Å².